The number of esters is 1. The quantitative estimate of drug-likeness (QED) is 0.615. The SMILES string of the molecule is COC(=O)c1c(NC(=O)c2ccc(Oc3ccccc3)cc2)sc2c1CCC2. The number of ether oxygens (including phenoxy) is 2. The van der Waals surface area contributed by atoms with Gasteiger partial charge >= 0.3 is 5.97 Å². The van der Waals surface area contributed by atoms with E-state index in [1.54, 1.807) is 24.3 Å². The van der Waals surface area contributed by atoms with Gasteiger partial charge in [-0.3, -0.25) is 4.79 Å². The first kappa shape index (κ1) is 18.3. The molecule has 3 aromatic rings. The zero-order chi connectivity index (χ0) is 19.5. The molecule has 0 bridgehead atoms. The van der Waals surface area contributed by atoms with Gasteiger partial charge in [-0.25, -0.2) is 4.79 Å². The highest BCUT2D eigenvalue weighted by Gasteiger charge is 2.28. The Morgan fingerprint density at radius 2 is 1.68 bits per heavy atom. The van der Waals surface area contributed by atoms with E-state index in [0.29, 0.717) is 21.9 Å². The Morgan fingerprint density at radius 1 is 0.964 bits per heavy atom. The highest BCUT2D eigenvalue weighted by molar-refractivity contribution is 7.17. The molecule has 1 aliphatic carbocycles. The zero-order valence-corrected chi connectivity index (χ0v) is 16.2. The molecule has 0 saturated heterocycles. The van der Waals surface area contributed by atoms with Gasteiger partial charge in [0.1, 0.15) is 16.5 Å². The van der Waals surface area contributed by atoms with Crippen LogP contribution in [0.1, 0.15) is 37.6 Å². The second-order valence-electron chi connectivity index (χ2n) is 6.45. The van der Waals surface area contributed by atoms with E-state index >= 15 is 0 Å². The Labute approximate surface area is 166 Å². The number of anilines is 1. The number of methoxy groups -OCH3 is 1. The predicted octanol–water partition coefficient (Wildman–Crippen LogP) is 5.07. The van der Waals surface area contributed by atoms with Gasteiger partial charge in [-0.15, -0.1) is 11.3 Å². The van der Waals surface area contributed by atoms with E-state index in [-0.39, 0.29) is 5.91 Å². The number of para-hydroxylation sites is 1. The number of hydrogen-bond acceptors (Lipinski definition) is 5. The van der Waals surface area contributed by atoms with Crippen LogP contribution in [0.5, 0.6) is 11.5 Å². The molecular formula is C22H19NO4S. The van der Waals surface area contributed by atoms with Crippen LogP contribution in [0.3, 0.4) is 0 Å². The Morgan fingerprint density at radius 3 is 2.39 bits per heavy atom. The van der Waals surface area contributed by atoms with Crippen LogP contribution in [-0.4, -0.2) is 19.0 Å². The van der Waals surface area contributed by atoms with E-state index in [1.165, 1.54) is 18.4 Å². The average Bonchev–Trinajstić information content (AvgIpc) is 3.29. The summed E-state index contributed by atoms with van der Waals surface area (Å²) in [4.78, 5) is 26.0. The summed E-state index contributed by atoms with van der Waals surface area (Å²) in [5, 5.41) is 3.44. The van der Waals surface area contributed by atoms with E-state index in [2.05, 4.69) is 5.32 Å². The van der Waals surface area contributed by atoms with Crippen LogP contribution in [0.2, 0.25) is 0 Å². The van der Waals surface area contributed by atoms with Crippen molar-refractivity contribution in [1.82, 2.24) is 0 Å². The summed E-state index contributed by atoms with van der Waals surface area (Å²) in [6, 6.07) is 16.3. The van der Waals surface area contributed by atoms with Crippen LogP contribution in [0.15, 0.2) is 54.6 Å². The van der Waals surface area contributed by atoms with E-state index in [1.807, 2.05) is 30.3 Å². The number of aryl methyl sites for hydroxylation is 1. The first-order chi connectivity index (χ1) is 13.7. The van der Waals surface area contributed by atoms with Crippen LogP contribution in [0.25, 0.3) is 0 Å². The third kappa shape index (κ3) is 3.64. The third-order valence-electron chi connectivity index (χ3n) is 4.63. The molecule has 1 amide bonds. The van der Waals surface area contributed by atoms with Crippen LogP contribution >= 0.6 is 11.3 Å². The molecule has 142 valence electrons. The van der Waals surface area contributed by atoms with Gasteiger partial charge in [0.25, 0.3) is 5.91 Å². The van der Waals surface area contributed by atoms with E-state index in [9.17, 15) is 9.59 Å². The summed E-state index contributed by atoms with van der Waals surface area (Å²) in [7, 11) is 1.36. The van der Waals surface area contributed by atoms with Gasteiger partial charge in [-0.05, 0) is 61.2 Å². The fraction of sp³-hybridized carbons (Fsp3) is 0.182. The van der Waals surface area contributed by atoms with Crippen molar-refractivity contribution in [2.75, 3.05) is 12.4 Å². The van der Waals surface area contributed by atoms with Crippen molar-refractivity contribution in [1.29, 1.82) is 0 Å². The van der Waals surface area contributed by atoms with Gasteiger partial charge in [0.2, 0.25) is 0 Å². The molecule has 1 heterocycles. The van der Waals surface area contributed by atoms with Crippen molar-refractivity contribution in [2.24, 2.45) is 0 Å². The first-order valence-electron chi connectivity index (χ1n) is 9.03. The van der Waals surface area contributed by atoms with Crippen LogP contribution in [0.4, 0.5) is 5.00 Å². The largest absolute Gasteiger partial charge is 0.465 e. The molecule has 1 N–H and O–H groups in total. The maximum absolute atomic E-state index is 12.7. The Kier molecular flexibility index (Phi) is 5.12. The number of thiophene rings is 1. The predicted molar refractivity (Wildman–Crippen MR) is 109 cm³/mol. The molecule has 5 nitrogen and oxygen atoms in total. The second kappa shape index (κ2) is 7.86. The summed E-state index contributed by atoms with van der Waals surface area (Å²) < 4.78 is 10.7. The van der Waals surface area contributed by atoms with Gasteiger partial charge in [0, 0.05) is 10.4 Å². The number of amides is 1. The van der Waals surface area contributed by atoms with Crippen molar-refractivity contribution < 1.29 is 19.1 Å². The molecule has 0 atom stereocenters. The average molecular weight is 393 g/mol. The molecule has 0 fully saturated rings. The minimum atomic E-state index is -0.402. The van der Waals surface area contributed by atoms with Gasteiger partial charge in [0.05, 0.1) is 12.7 Å². The Hall–Kier alpha value is -3.12. The van der Waals surface area contributed by atoms with E-state index in [0.717, 1.165) is 35.5 Å². The summed E-state index contributed by atoms with van der Waals surface area (Å²) in [6.07, 6.45) is 2.81. The number of rotatable bonds is 5. The second-order valence-corrected chi connectivity index (χ2v) is 7.55. The lowest BCUT2D eigenvalue weighted by Gasteiger charge is -2.08. The number of carbonyl (C=O) groups excluding carboxylic acids is 2. The highest BCUT2D eigenvalue weighted by atomic mass is 32.1. The normalized spacial score (nSPS) is 12.3. The summed E-state index contributed by atoms with van der Waals surface area (Å²) in [6.45, 7) is 0. The minimum Gasteiger partial charge on any atom is -0.465 e. The summed E-state index contributed by atoms with van der Waals surface area (Å²) >= 11 is 1.46. The maximum atomic E-state index is 12.7. The van der Waals surface area contributed by atoms with Crippen LogP contribution < -0.4 is 10.1 Å². The smallest absolute Gasteiger partial charge is 0.341 e. The molecule has 0 radical (unpaired) electrons. The minimum absolute atomic E-state index is 0.267. The van der Waals surface area contributed by atoms with Gasteiger partial charge in [0.15, 0.2) is 0 Å². The molecule has 1 aromatic heterocycles. The topological polar surface area (TPSA) is 64.6 Å². The van der Waals surface area contributed by atoms with E-state index < -0.39 is 5.97 Å². The molecule has 0 spiro atoms. The fourth-order valence-electron chi connectivity index (χ4n) is 3.28. The zero-order valence-electron chi connectivity index (χ0n) is 15.4. The molecule has 2 aromatic carbocycles. The molecule has 1 aliphatic rings. The van der Waals surface area contributed by atoms with Gasteiger partial charge in [-0.1, -0.05) is 18.2 Å². The number of nitrogens with one attached hydrogen (secondary N) is 1. The molecule has 0 saturated carbocycles. The van der Waals surface area contributed by atoms with E-state index in [4.69, 9.17) is 9.47 Å². The molecule has 0 aliphatic heterocycles. The van der Waals surface area contributed by atoms with Gasteiger partial charge in [-0.2, -0.15) is 0 Å². The molecular weight excluding hydrogens is 374 g/mol. The first-order valence-corrected chi connectivity index (χ1v) is 9.84. The van der Waals surface area contributed by atoms with Gasteiger partial charge < -0.3 is 14.8 Å². The number of benzene rings is 2. The standard InChI is InChI=1S/C22H19NO4S/c1-26-22(25)19-17-8-5-9-18(17)28-21(19)23-20(24)14-10-12-16(13-11-14)27-15-6-3-2-4-7-15/h2-4,6-7,10-13H,5,8-9H2,1H3,(H,23,24). The van der Waals surface area contributed by atoms with Crippen molar-refractivity contribution in [3.8, 4) is 11.5 Å². The van der Waals surface area contributed by atoms with Crippen molar-refractivity contribution >= 4 is 28.2 Å². The monoisotopic (exact) mass is 393 g/mol. The number of hydrogen-bond donors (Lipinski definition) is 1. The Balaban J connectivity index is 1.51. The summed E-state index contributed by atoms with van der Waals surface area (Å²) in [5.74, 6) is 0.710. The molecule has 6 heteroatoms. The molecule has 0 unspecified atom stereocenters. The third-order valence-corrected chi connectivity index (χ3v) is 5.84. The Bertz CT molecular complexity index is 1010. The lowest BCUT2D eigenvalue weighted by atomic mass is 10.1. The van der Waals surface area contributed by atoms with Crippen molar-refractivity contribution in [2.45, 2.75) is 19.3 Å². The molecule has 28 heavy (non-hydrogen) atoms. The van der Waals surface area contributed by atoms with Crippen molar-refractivity contribution in [3.63, 3.8) is 0 Å². The maximum Gasteiger partial charge on any atom is 0.341 e. The lowest BCUT2D eigenvalue weighted by molar-refractivity contribution is 0.0601. The lowest BCUT2D eigenvalue weighted by Crippen LogP contribution is -2.14. The number of fused-ring (bicyclic) bond motifs is 1. The van der Waals surface area contributed by atoms with Crippen LogP contribution in [-0.2, 0) is 17.6 Å². The fourth-order valence-corrected chi connectivity index (χ4v) is 4.56. The summed E-state index contributed by atoms with van der Waals surface area (Å²) in [5.41, 5.74) is 2.00. The van der Waals surface area contributed by atoms with Crippen LogP contribution in [0, 0.1) is 0 Å². The molecule has 4 rings (SSSR count). The number of carbonyl (C=O) groups is 2. The van der Waals surface area contributed by atoms with Crippen molar-refractivity contribution in [3.05, 3.63) is 76.2 Å². The highest BCUT2D eigenvalue weighted by Crippen LogP contribution is 2.39.